The van der Waals surface area contributed by atoms with Crippen molar-refractivity contribution < 1.29 is 14.7 Å². The van der Waals surface area contributed by atoms with Crippen molar-refractivity contribution in [3.63, 3.8) is 0 Å². The van der Waals surface area contributed by atoms with Gasteiger partial charge in [-0.05, 0) is 36.3 Å². The van der Waals surface area contributed by atoms with Gasteiger partial charge in [-0.25, -0.2) is 4.79 Å². The monoisotopic (exact) mass is 262 g/mol. The Labute approximate surface area is 112 Å². The number of carbonyl (C=O) groups excluding carboxylic acids is 1. The van der Waals surface area contributed by atoms with E-state index in [-0.39, 0.29) is 12.3 Å². The number of urea groups is 1. The molecule has 5 nitrogen and oxygen atoms in total. The number of carboxylic acid groups (broad SMARTS) is 1. The molecule has 5 heteroatoms. The fourth-order valence-electron chi connectivity index (χ4n) is 2.44. The van der Waals surface area contributed by atoms with Gasteiger partial charge in [0.15, 0.2) is 0 Å². The summed E-state index contributed by atoms with van der Waals surface area (Å²) in [6.07, 6.45) is 2.19. The van der Waals surface area contributed by atoms with Crippen LogP contribution in [-0.2, 0) is 4.79 Å². The number of carbonyl (C=O) groups is 2. The number of benzene rings is 1. The zero-order valence-electron chi connectivity index (χ0n) is 10.9. The largest absolute Gasteiger partial charge is 0.481 e. The Bertz CT molecular complexity index is 497. The third-order valence-corrected chi connectivity index (χ3v) is 3.61. The van der Waals surface area contributed by atoms with Crippen LogP contribution in [0.15, 0.2) is 24.3 Å². The molecule has 0 aliphatic heterocycles. The maximum absolute atomic E-state index is 11.3. The minimum absolute atomic E-state index is 0.0458. The Balaban J connectivity index is 2.36. The lowest BCUT2D eigenvalue weighted by molar-refractivity contribution is -0.137. The Hall–Kier alpha value is -2.04. The number of nitrogens with zero attached hydrogens (tertiary/aromatic N) is 1. The van der Waals surface area contributed by atoms with Gasteiger partial charge >= 0.3 is 12.0 Å². The minimum Gasteiger partial charge on any atom is -0.481 e. The van der Waals surface area contributed by atoms with E-state index < -0.39 is 12.0 Å². The Morgan fingerprint density at radius 1 is 1.42 bits per heavy atom. The number of amides is 2. The normalized spacial score (nSPS) is 15.8. The van der Waals surface area contributed by atoms with Crippen LogP contribution in [0.1, 0.15) is 30.7 Å². The van der Waals surface area contributed by atoms with Crippen molar-refractivity contribution in [2.45, 2.75) is 25.2 Å². The average molecular weight is 262 g/mol. The SMILES string of the molecule is CN(C(N)=O)c1ccccc1C(CC(=O)O)C1CC1. The van der Waals surface area contributed by atoms with Crippen LogP contribution in [0.3, 0.4) is 0 Å². The number of nitrogens with two attached hydrogens (primary N) is 1. The second-order valence-electron chi connectivity index (χ2n) is 5.00. The van der Waals surface area contributed by atoms with Gasteiger partial charge in [0, 0.05) is 12.7 Å². The summed E-state index contributed by atoms with van der Waals surface area (Å²) >= 11 is 0. The van der Waals surface area contributed by atoms with Crippen molar-refractivity contribution in [2.24, 2.45) is 11.7 Å². The molecule has 0 saturated heterocycles. The van der Waals surface area contributed by atoms with Crippen LogP contribution in [0.5, 0.6) is 0 Å². The summed E-state index contributed by atoms with van der Waals surface area (Å²) in [5.74, 6) is -0.456. The summed E-state index contributed by atoms with van der Waals surface area (Å²) in [5.41, 5.74) is 6.90. The highest BCUT2D eigenvalue weighted by Crippen LogP contribution is 2.46. The highest BCUT2D eigenvalue weighted by molar-refractivity contribution is 5.91. The van der Waals surface area contributed by atoms with Crippen molar-refractivity contribution in [3.05, 3.63) is 29.8 Å². The third-order valence-electron chi connectivity index (χ3n) is 3.61. The molecule has 102 valence electrons. The molecule has 3 N–H and O–H groups in total. The molecular formula is C14H18N2O3. The van der Waals surface area contributed by atoms with Gasteiger partial charge in [0.1, 0.15) is 0 Å². The van der Waals surface area contributed by atoms with Crippen LogP contribution >= 0.6 is 0 Å². The molecule has 0 radical (unpaired) electrons. The molecule has 2 amide bonds. The van der Waals surface area contributed by atoms with Crippen molar-refractivity contribution in [3.8, 4) is 0 Å². The molecular weight excluding hydrogens is 244 g/mol. The fraction of sp³-hybridized carbons (Fsp3) is 0.429. The van der Waals surface area contributed by atoms with Gasteiger partial charge in [-0.1, -0.05) is 18.2 Å². The van der Waals surface area contributed by atoms with E-state index in [2.05, 4.69) is 0 Å². The lowest BCUT2D eigenvalue weighted by Gasteiger charge is -2.23. The summed E-state index contributed by atoms with van der Waals surface area (Å²) in [6.45, 7) is 0. The molecule has 0 heterocycles. The maximum Gasteiger partial charge on any atom is 0.319 e. The topological polar surface area (TPSA) is 83.6 Å². The van der Waals surface area contributed by atoms with E-state index in [0.717, 1.165) is 18.4 Å². The van der Waals surface area contributed by atoms with Crippen LogP contribution in [0.2, 0.25) is 0 Å². The first-order valence-electron chi connectivity index (χ1n) is 6.34. The number of hydrogen-bond acceptors (Lipinski definition) is 2. The number of anilines is 1. The number of carboxylic acids is 1. The summed E-state index contributed by atoms with van der Waals surface area (Å²) in [6, 6.07) is 6.84. The number of para-hydroxylation sites is 1. The molecule has 2 rings (SSSR count). The number of primary amides is 1. The van der Waals surface area contributed by atoms with Gasteiger partial charge in [-0.15, -0.1) is 0 Å². The lowest BCUT2D eigenvalue weighted by atomic mass is 9.89. The molecule has 1 aromatic rings. The number of hydrogen-bond donors (Lipinski definition) is 2. The zero-order valence-corrected chi connectivity index (χ0v) is 10.9. The minimum atomic E-state index is -0.812. The summed E-state index contributed by atoms with van der Waals surface area (Å²) in [4.78, 5) is 23.7. The van der Waals surface area contributed by atoms with Gasteiger partial charge in [0.25, 0.3) is 0 Å². The molecule has 1 saturated carbocycles. The van der Waals surface area contributed by atoms with Crippen molar-refractivity contribution >= 4 is 17.7 Å². The molecule has 1 unspecified atom stereocenters. The van der Waals surface area contributed by atoms with E-state index in [0.29, 0.717) is 11.6 Å². The van der Waals surface area contributed by atoms with Gasteiger partial charge < -0.3 is 10.8 Å². The van der Waals surface area contributed by atoms with E-state index in [9.17, 15) is 9.59 Å². The predicted octanol–water partition coefficient (Wildman–Crippen LogP) is 2.17. The van der Waals surface area contributed by atoms with E-state index in [1.54, 1.807) is 13.1 Å². The molecule has 0 spiro atoms. The molecule has 1 atom stereocenters. The van der Waals surface area contributed by atoms with Gasteiger partial charge in [0.05, 0.1) is 6.42 Å². The molecule has 0 bridgehead atoms. The highest BCUT2D eigenvalue weighted by Gasteiger charge is 2.35. The molecule has 1 aliphatic carbocycles. The van der Waals surface area contributed by atoms with E-state index in [4.69, 9.17) is 10.8 Å². The van der Waals surface area contributed by atoms with Crippen LogP contribution < -0.4 is 10.6 Å². The second-order valence-corrected chi connectivity index (χ2v) is 5.00. The lowest BCUT2D eigenvalue weighted by Crippen LogP contribution is -2.33. The summed E-state index contributed by atoms with van der Waals surface area (Å²) < 4.78 is 0. The zero-order chi connectivity index (χ0) is 14.0. The van der Waals surface area contributed by atoms with Crippen molar-refractivity contribution in [1.82, 2.24) is 0 Å². The molecule has 0 aromatic heterocycles. The molecule has 19 heavy (non-hydrogen) atoms. The molecule has 1 aliphatic rings. The molecule has 1 fully saturated rings. The third kappa shape index (κ3) is 3.05. The van der Waals surface area contributed by atoms with Crippen LogP contribution in [0.4, 0.5) is 10.5 Å². The predicted molar refractivity (Wildman–Crippen MR) is 72.1 cm³/mol. The Kier molecular flexibility index (Phi) is 3.74. The average Bonchev–Trinajstić information content (AvgIpc) is 3.19. The first-order valence-corrected chi connectivity index (χ1v) is 6.34. The van der Waals surface area contributed by atoms with Crippen LogP contribution in [0.25, 0.3) is 0 Å². The Morgan fingerprint density at radius 2 is 2.05 bits per heavy atom. The van der Waals surface area contributed by atoms with Crippen LogP contribution in [-0.4, -0.2) is 24.2 Å². The first kappa shape index (κ1) is 13.4. The first-order chi connectivity index (χ1) is 9.00. The highest BCUT2D eigenvalue weighted by atomic mass is 16.4. The standard InChI is InChI=1S/C14H18N2O3/c1-16(14(15)19)12-5-3-2-4-10(12)11(8-13(17)18)9-6-7-9/h2-5,9,11H,6-8H2,1H3,(H2,15,19)(H,17,18). The fourth-order valence-corrected chi connectivity index (χ4v) is 2.44. The van der Waals surface area contributed by atoms with Crippen molar-refractivity contribution in [2.75, 3.05) is 11.9 Å². The van der Waals surface area contributed by atoms with Crippen molar-refractivity contribution in [1.29, 1.82) is 0 Å². The van der Waals surface area contributed by atoms with Gasteiger partial charge in [-0.2, -0.15) is 0 Å². The van der Waals surface area contributed by atoms with E-state index in [1.165, 1.54) is 4.90 Å². The second kappa shape index (κ2) is 5.30. The molecule has 1 aromatic carbocycles. The number of aliphatic carboxylic acids is 1. The van der Waals surface area contributed by atoms with Crippen LogP contribution in [0, 0.1) is 5.92 Å². The quantitative estimate of drug-likeness (QED) is 0.853. The number of rotatable bonds is 5. The summed E-state index contributed by atoms with van der Waals surface area (Å²) in [7, 11) is 1.60. The van der Waals surface area contributed by atoms with E-state index in [1.807, 2.05) is 18.2 Å². The maximum atomic E-state index is 11.3. The van der Waals surface area contributed by atoms with Gasteiger partial charge in [0.2, 0.25) is 0 Å². The smallest absolute Gasteiger partial charge is 0.319 e. The van der Waals surface area contributed by atoms with Gasteiger partial charge in [-0.3, -0.25) is 9.69 Å². The van der Waals surface area contributed by atoms with E-state index >= 15 is 0 Å². The Morgan fingerprint density at radius 3 is 2.58 bits per heavy atom. The summed E-state index contributed by atoms with van der Waals surface area (Å²) in [5, 5.41) is 9.06.